The van der Waals surface area contributed by atoms with Crippen molar-refractivity contribution in [1.82, 2.24) is 0 Å². The van der Waals surface area contributed by atoms with E-state index in [2.05, 4.69) is 5.32 Å². The Kier molecular flexibility index (Phi) is 5.35. The van der Waals surface area contributed by atoms with Crippen LogP contribution in [0.15, 0.2) is 24.3 Å². The normalized spacial score (nSPS) is 13.1. The molecule has 19 heavy (non-hydrogen) atoms. The highest BCUT2D eigenvalue weighted by atomic mass is 19.4. The molecule has 0 saturated heterocycles. The van der Waals surface area contributed by atoms with E-state index >= 15 is 0 Å². The molecule has 1 unspecified atom stereocenters. The number of carbonyl (C=O) groups is 1. The lowest BCUT2D eigenvalue weighted by Gasteiger charge is -2.10. The van der Waals surface area contributed by atoms with Gasteiger partial charge in [0.2, 0.25) is 5.91 Å². The quantitative estimate of drug-likeness (QED) is 0.867. The van der Waals surface area contributed by atoms with E-state index in [1.54, 1.807) is 31.2 Å². The van der Waals surface area contributed by atoms with Crippen LogP contribution in [0, 0.1) is 5.92 Å². The van der Waals surface area contributed by atoms with Crippen LogP contribution < -0.4 is 11.1 Å². The number of hydrogen-bond acceptors (Lipinski definition) is 2. The summed E-state index contributed by atoms with van der Waals surface area (Å²) in [5, 5.41) is 2.65. The highest BCUT2D eigenvalue weighted by Gasteiger charge is 2.26. The number of nitrogens with two attached hydrogens (primary N) is 1. The maximum atomic E-state index is 12.1. The van der Waals surface area contributed by atoms with Gasteiger partial charge in [0.25, 0.3) is 0 Å². The molecule has 0 aromatic heterocycles. The van der Waals surface area contributed by atoms with Crippen LogP contribution in [-0.4, -0.2) is 18.6 Å². The summed E-state index contributed by atoms with van der Waals surface area (Å²) in [5.41, 5.74) is 6.51. The van der Waals surface area contributed by atoms with Crippen LogP contribution >= 0.6 is 0 Å². The van der Waals surface area contributed by atoms with Gasteiger partial charge in [0, 0.05) is 24.6 Å². The van der Waals surface area contributed by atoms with Gasteiger partial charge >= 0.3 is 6.18 Å². The van der Waals surface area contributed by atoms with Crippen LogP contribution in [0.1, 0.15) is 18.9 Å². The topological polar surface area (TPSA) is 55.1 Å². The summed E-state index contributed by atoms with van der Waals surface area (Å²) in [4.78, 5) is 11.5. The van der Waals surface area contributed by atoms with Crippen molar-refractivity contribution in [2.75, 3.05) is 11.9 Å². The second-order valence-electron chi connectivity index (χ2n) is 4.44. The molecule has 1 aromatic rings. The average Bonchev–Trinajstić information content (AvgIpc) is 2.36. The second kappa shape index (κ2) is 6.56. The van der Waals surface area contributed by atoms with E-state index in [0.29, 0.717) is 11.3 Å². The van der Waals surface area contributed by atoms with E-state index in [0.717, 1.165) is 0 Å². The number of amides is 1. The molecule has 0 aliphatic heterocycles. The van der Waals surface area contributed by atoms with Crippen molar-refractivity contribution in [2.24, 2.45) is 11.7 Å². The van der Waals surface area contributed by atoms with Crippen molar-refractivity contribution in [2.45, 2.75) is 25.9 Å². The number of nitrogens with one attached hydrogen (secondary N) is 1. The van der Waals surface area contributed by atoms with E-state index in [-0.39, 0.29) is 24.8 Å². The Morgan fingerprint density at radius 3 is 2.37 bits per heavy atom. The van der Waals surface area contributed by atoms with Crippen molar-refractivity contribution < 1.29 is 18.0 Å². The van der Waals surface area contributed by atoms with Crippen LogP contribution in [0.2, 0.25) is 0 Å². The predicted octanol–water partition coefficient (Wildman–Crippen LogP) is 2.71. The molecular formula is C13H17F3N2O. The summed E-state index contributed by atoms with van der Waals surface area (Å²) < 4.78 is 36.2. The highest BCUT2D eigenvalue weighted by molar-refractivity contribution is 5.92. The van der Waals surface area contributed by atoms with Crippen molar-refractivity contribution in [3.63, 3.8) is 0 Å². The number of anilines is 1. The lowest BCUT2D eigenvalue weighted by molar-refractivity contribution is -0.134. The second-order valence-corrected chi connectivity index (χ2v) is 4.44. The zero-order valence-electron chi connectivity index (χ0n) is 10.6. The van der Waals surface area contributed by atoms with Crippen molar-refractivity contribution in [1.29, 1.82) is 0 Å². The molecule has 0 spiro atoms. The minimum Gasteiger partial charge on any atom is -0.330 e. The summed E-state index contributed by atoms with van der Waals surface area (Å²) in [6.07, 6.45) is -5.05. The minimum atomic E-state index is -4.15. The molecule has 0 bridgehead atoms. The average molecular weight is 274 g/mol. The smallest absolute Gasteiger partial charge is 0.330 e. The molecule has 1 atom stereocenters. The molecule has 3 N–H and O–H groups in total. The maximum absolute atomic E-state index is 12.1. The molecule has 3 nitrogen and oxygen atoms in total. The molecule has 0 fully saturated rings. The van der Waals surface area contributed by atoms with Gasteiger partial charge in [-0.25, -0.2) is 0 Å². The Morgan fingerprint density at radius 1 is 1.32 bits per heavy atom. The van der Waals surface area contributed by atoms with Gasteiger partial charge in [0.05, 0.1) is 0 Å². The zero-order valence-corrected chi connectivity index (χ0v) is 10.6. The molecule has 0 aliphatic carbocycles. The molecule has 0 aliphatic rings. The largest absolute Gasteiger partial charge is 0.389 e. The van der Waals surface area contributed by atoms with Gasteiger partial charge in [-0.2, -0.15) is 13.2 Å². The van der Waals surface area contributed by atoms with Gasteiger partial charge in [-0.15, -0.1) is 0 Å². The molecule has 6 heteroatoms. The molecular weight excluding hydrogens is 257 g/mol. The summed E-state index contributed by atoms with van der Waals surface area (Å²) in [6.45, 7) is 1.95. The van der Waals surface area contributed by atoms with Crippen LogP contribution in [0.5, 0.6) is 0 Å². The lowest BCUT2D eigenvalue weighted by atomic mass is 10.1. The number of alkyl halides is 3. The minimum absolute atomic E-state index is 0.0586. The van der Waals surface area contributed by atoms with Gasteiger partial charge in [-0.05, 0) is 24.1 Å². The van der Waals surface area contributed by atoms with Crippen molar-refractivity contribution >= 4 is 11.6 Å². The van der Waals surface area contributed by atoms with Crippen LogP contribution in [0.4, 0.5) is 18.9 Å². The first kappa shape index (κ1) is 15.5. The van der Waals surface area contributed by atoms with Crippen molar-refractivity contribution in [3.05, 3.63) is 29.8 Å². The SMILES string of the molecule is CC(CN)C(=O)Nc1ccc(CCC(F)(F)F)cc1. The number of halogens is 3. The third kappa shape index (κ3) is 5.74. The van der Waals surface area contributed by atoms with E-state index in [1.165, 1.54) is 0 Å². The third-order valence-corrected chi connectivity index (χ3v) is 2.72. The van der Waals surface area contributed by atoms with Crippen LogP contribution in [0.25, 0.3) is 0 Å². The highest BCUT2D eigenvalue weighted by Crippen LogP contribution is 2.22. The molecule has 0 radical (unpaired) electrons. The fraction of sp³-hybridized carbons (Fsp3) is 0.462. The Morgan fingerprint density at radius 2 is 1.89 bits per heavy atom. The molecule has 0 saturated carbocycles. The number of carbonyl (C=O) groups excluding carboxylic acids is 1. The summed E-state index contributed by atoms with van der Waals surface area (Å²) >= 11 is 0. The van der Waals surface area contributed by atoms with Crippen LogP contribution in [-0.2, 0) is 11.2 Å². The fourth-order valence-corrected chi connectivity index (χ4v) is 1.41. The first-order valence-corrected chi connectivity index (χ1v) is 5.98. The Bertz CT molecular complexity index is 415. The molecule has 106 valence electrons. The molecule has 1 rings (SSSR count). The lowest BCUT2D eigenvalue weighted by Crippen LogP contribution is -2.26. The zero-order chi connectivity index (χ0) is 14.5. The summed E-state index contributed by atoms with van der Waals surface area (Å²) in [5.74, 6) is -0.504. The summed E-state index contributed by atoms with van der Waals surface area (Å²) in [6, 6.07) is 6.34. The number of benzene rings is 1. The number of aryl methyl sites for hydroxylation is 1. The molecule has 0 heterocycles. The van der Waals surface area contributed by atoms with E-state index < -0.39 is 12.6 Å². The van der Waals surface area contributed by atoms with E-state index in [4.69, 9.17) is 5.73 Å². The number of hydrogen-bond donors (Lipinski definition) is 2. The van der Waals surface area contributed by atoms with Gasteiger partial charge in [-0.3, -0.25) is 4.79 Å². The first-order valence-electron chi connectivity index (χ1n) is 5.98. The Balaban J connectivity index is 2.54. The Hall–Kier alpha value is -1.56. The Labute approximate surface area is 110 Å². The van der Waals surface area contributed by atoms with Gasteiger partial charge < -0.3 is 11.1 Å². The predicted molar refractivity (Wildman–Crippen MR) is 67.7 cm³/mol. The third-order valence-electron chi connectivity index (χ3n) is 2.72. The van der Waals surface area contributed by atoms with Gasteiger partial charge in [-0.1, -0.05) is 19.1 Å². The van der Waals surface area contributed by atoms with Crippen molar-refractivity contribution in [3.8, 4) is 0 Å². The molecule has 1 amide bonds. The number of rotatable bonds is 5. The van der Waals surface area contributed by atoms with E-state index in [9.17, 15) is 18.0 Å². The fourth-order valence-electron chi connectivity index (χ4n) is 1.41. The summed E-state index contributed by atoms with van der Waals surface area (Å²) in [7, 11) is 0. The van der Waals surface area contributed by atoms with Gasteiger partial charge in [0.15, 0.2) is 0 Å². The van der Waals surface area contributed by atoms with Crippen LogP contribution in [0.3, 0.4) is 0 Å². The standard InChI is InChI=1S/C13H17F3N2O/c1-9(8-17)12(19)18-11-4-2-10(3-5-11)6-7-13(14,15)16/h2-5,9H,6-8,17H2,1H3,(H,18,19). The van der Waals surface area contributed by atoms with Gasteiger partial charge in [0.1, 0.15) is 0 Å². The maximum Gasteiger partial charge on any atom is 0.389 e. The monoisotopic (exact) mass is 274 g/mol. The first-order chi connectivity index (χ1) is 8.81. The van der Waals surface area contributed by atoms with E-state index in [1.807, 2.05) is 0 Å². The molecule has 1 aromatic carbocycles.